The van der Waals surface area contributed by atoms with Crippen LogP contribution in [0.1, 0.15) is 23.2 Å². The first-order chi connectivity index (χ1) is 8.06. The number of carboxylic acid groups (broad SMARTS) is 1. The molecule has 0 bridgehead atoms. The Morgan fingerprint density at radius 2 is 2.18 bits per heavy atom. The number of rotatable bonds is 3. The van der Waals surface area contributed by atoms with Crippen LogP contribution in [0.5, 0.6) is 0 Å². The predicted molar refractivity (Wildman–Crippen MR) is 73.5 cm³/mol. The second-order valence-corrected chi connectivity index (χ2v) is 5.14. The zero-order valence-electron chi connectivity index (χ0n) is 8.87. The van der Waals surface area contributed by atoms with Gasteiger partial charge in [-0.2, -0.15) is 0 Å². The molecular formula is C11H11BrN2O2S. The van der Waals surface area contributed by atoms with Gasteiger partial charge in [0.2, 0.25) is 0 Å². The van der Waals surface area contributed by atoms with Crippen molar-refractivity contribution in [1.29, 1.82) is 0 Å². The van der Waals surface area contributed by atoms with Crippen LogP contribution in [0.25, 0.3) is 0 Å². The molecule has 1 aromatic carbocycles. The number of aromatic carboxylic acids is 1. The lowest BCUT2D eigenvalue weighted by Gasteiger charge is -2.11. The van der Waals surface area contributed by atoms with Gasteiger partial charge in [-0.05, 0) is 59.2 Å². The number of nitrogens with one attached hydrogen (secondary N) is 2. The van der Waals surface area contributed by atoms with E-state index in [0.717, 1.165) is 17.3 Å². The minimum atomic E-state index is -0.957. The van der Waals surface area contributed by atoms with E-state index in [-0.39, 0.29) is 5.56 Å². The smallest absolute Gasteiger partial charge is 0.335 e. The van der Waals surface area contributed by atoms with Crippen molar-refractivity contribution in [1.82, 2.24) is 5.32 Å². The lowest BCUT2D eigenvalue weighted by atomic mass is 10.2. The molecule has 4 nitrogen and oxygen atoms in total. The molecule has 17 heavy (non-hydrogen) atoms. The van der Waals surface area contributed by atoms with Gasteiger partial charge in [-0.3, -0.25) is 0 Å². The van der Waals surface area contributed by atoms with Gasteiger partial charge in [-0.15, -0.1) is 0 Å². The van der Waals surface area contributed by atoms with Gasteiger partial charge in [0.15, 0.2) is 5.11 Å². The Bertz CT molecular complexity index is 475. The van der Waals surface area contributed by atoms with Gasteiger partial charge < -0.3 is 15.7 Å². The van der Waals surface area contributed by atoms with Gasteiger partial charge in [0.1, 0.15) is 0 Å². The molecule has 0 radical (unpaired) electrons. The summed E-state index contributed by atoms with van der Waals surface area (Å²) in [5, 5.41) is 15.5. The average Bonchev–Trinajstić information content (AvgIpc) is 3.04. The number of carbonyl (C=O) groups is 1. The van der Waals surface area contributed by atoms with Gasteiger partial charge in [0.25, 0.3) is 0 Å². The second kappa shape index (κ2) is 5.01. The Morgan fingerprint density at radius 3 is 2.76 bits per heavy atom. The normalized spacial score (nSPS) is 14.2. The monoisotopic (exact) mass is 314 g/mol. The third kappa shape index (κ3) is 3.41. The molecule has 0 saturated heterocycles. The van der Waals surface area contributed by atoms with Crippen molar-refractivity contribution in [3.8, 4) is 0 Å². The zero-order chi connectivity index (χ0) is 12.4. The molecule has 0 heterocycles. The lowest BCUT2D eigenvalue weighted by Crippen LogP contribution is -2.30. The number of halogens is 1. The fraction of sp³-hybridized carbons (Fsp3) is 0.273. The standard InChI is InChI=1S/C11H11BrN2O2S/c12-8-4-1-6(10(15)16)5-9(8)14-11(17)13-7-2-3-7/h1,4-5,7H,2-3H2,(H,15,16)(H2,13,14,17). The second-order valence-electron chi connectivity index (χ2n) is 3.87. The molecule has 1 fully saturated rings. The summed E-state index contributed by atoms with van der Waals surface area (Å²) in [7, 11) is 0. The van der Waals surface area contributed by atoms with Crippen LogP contribution in [0.2, 0.25) is 0 Å². The van der Waals surface area contributed by atoms with Crippen molar-refractivity contribution < 1.29 is 9.90 Å². The van der Waals surface area contributed by atoms with E-state index in [1.165, 1.54) is 6.07 Å². The Labute approximate surface area is 113 Å². The highest BCUT2D eigenvalue weighted by atomic mass is 79.9. The van der Waals surface area contributed by atoms with Crippen molar-refractivity contribution in [3.05, 3.63) is 28.2 Å². The van der Waals surface area contributed by atoms with Gasteiger partial charge >= 0.3 is 5.97 Å². The summed E-state index contributed by atoms with van der Waals surface area (Å²) in [4.78, 5) is 10.8. The predicted octanol–water partition coefficient (Wildman–Crippen LogP) is 2.60. The van der Waals surface area contributed by atoms with E-state index >= 15 is 0 Å². The van der Waals surface area contributed by atoms with Gasteiger partial charge in [0.05, 0.1) is 11.3 Å². The molecule has 6 heteroatoms. The van der Waals surface area contributed by atoms with Crippen molar-refractivity contribution in [2.75, 3.05) is 5.32 Å². The van der Waals surface area contributed by atoms with E-state index in [4.69, 9.17) is 17.3 Å². The molecule has 0 amide bonds. The maximum atomic E-state index is 10.8. The Morgan fingerprint density at radius 1 is 1.47 bits per heavy atom. The summed E-state index contributed by atoms with van der Waals surface area (Å²) in [6, 6.07) is 5.24. The third-order valence-corrected chi connectivity index (χ3v) is 3.29. The first-order valence-electron chi connectivity index (χ1n) is 5.16. The number of hydrogen-bond acceptors (Lipinski definition) is 2. The molecule has 0 aromatic heterocycles. The molecule has 0 spiro atoms. The zero-order valence-corrected chi connectivity index (χ0v) is 11.3. The molecule has 0 unspecified atom stereocenters. The van der Waals surface area contributed by atoms with Crippen molar-refractivity contribution >= 4 is 44.9 Å². The van der Waals surface area contributed by atoms with Crippen molar-refractivity contribution in [2.24, 2.45) is 0 Å². The highest BCUT2D eigenvalue weighted by Gasteiger charge is 2.22. The Hall–Kier alpha value is -1.14. The molecule has 0 aliphatic heterocycles. The maximum absolute atomic E-state index is 10.8. The van der Waals surface area contributed by atoms with Gasteiger partial charge in [-0.1, -0.05) is 0 Å². The van der Waals surface area contributed by atoms with E-state index in [9.17, 15) is 4.79 Å². The summed E-state index contributed by atoms with van der Waals surface area (Å²) in [5.74, 6) is -0.957. The van der Waals surface area contributed by atoms with Crippen LogP contribution in [-0.2, 0) is 0 Å². The maximum Gasteiger partial charge on any atom is 0.335 e. The molecule has 1 aromatic rings. The number of benzene rings is 1. The van der Waals surface area contributed by atoms with Crippen LogP contribution in [0, 0.1) is 0 Å². The van der Waals surface area contributed by atoms with E-state index in [2.05, 4.69) is 26.6 Å². The van der Waals surface area contributed by atoms with Crippen LogP contribution < -0.4 is 10.6 Å². The van der Waals surface area contributed by atoms with Crippen LogP contribution in [0.3, 0.4) is 0 Å². The molecule has 3 N–H and O–H groups in total. The SMILES string of the molecule is O=C(O)c1ccc(Br)c(NC(=S)NC2CC2)c1. The number of thiocarbonyl (C=S) groups is 1. The third-order valence-electron chi connectivity index (χ3n) is 2.37. The van der Waals surface area contributed by atoms with E-state index in [1.54, 1.807) is 12.1 Å². The summed E-state index contributed by atoms with van der Waals surface area (Å²) in [6.07, 6.45) is 2.27. The molecule has 1 saturated carbocycles. The van der Waals surface area contributed by atoms with Crippen molar-refractivity contribution in [2.45, 2.75) is 18.9 Å². The lowest BCUT2D eigenvalue weighted by molar-refractivity contribution is 0.0697. The number of carboxylic acids is 1. The number of anilines is 1. The highest BCUT2D eigenvalue weighted by molar-refractivity contribution is 9.10. The van der Waals surface area contributed by atoms with E-state index < -0.39 is 5.97 Å². The highest BCUT2D eigenvalue weighted by Crippen LogP contribution is 2.24. The fourth-order valence-electron chi connectivity index (χ4n) is 1.33. The van der Waals surface area contributed by atoms with Gasteiger partial charge in [-0.25, -0.2) is 4.79 Å². The molecule has 90 valence electrons. The van der Waals surface area contributed by atoms with E-state index in [1.807, 2.05) is 0 Å². The summed E-state index contributed by atoms with van der Waals surface area (Å²) < 4.78 is 0.780. The molecule has 0 atom stereocenters. The topological polar surface area (TPSA) is 61.4 Å². The average molecular weight is 315 g/mol. The quantitative estimate of drug-likeness (QED) is 0.749. The van der Waals surface area contributed by atoms with E-state index in [0.29, 0.717) is 16.8 Å². The molecular weight excluding hydrogens is 304 g/mol. The van der Waals surface area contributed by atoms with Crippen LogP contribution in [0.15, 0.2) is 22.7 Å². The minimum absolute atomic E-state index is 0.227. The minimum Gasteiger partial charge on any atom is -0.478 e. The summed E-state index contributed by atoms with van der Waals surface area (Å²) >= 11 is 8.48. The molecule has 1 aliphatic rings. The first kappa shape index (κ1) is 12.3. The Kier molecular flexibility index (Phi) is 3.63. The van der Waals surface area contributed by atoms with Crippen LogP contribution in [0.4, 0.5) is 5.69 Å². The van der Waals surface area contributed by atoms with Crippen LogP contribution >= 0.6 is 28.1 Å². The van der Waals surface area contributed by atoms with Gasteiger partial charge in [0, 0.05) is 10.5 Å². The first-order valence-corrected chi connectivity index (χ1v) is 6.37. The Balaban J connectivity index is 2.09. The summed E-state index contributed by atoms with van der Waals surface area (Å²) in [6.45, 7) is 0. The largest absolute Gasteiger partial charge is 0.478 e. The fourth-order valence-corrected chi connectivity index (χ4v) is 1.95. The van der Waals surface area contributed by atoms with Crippen molar-refractivity contribution in [3.63, 3.8) is 0 Å². The summed E-state index contributed by atoms with van der Waals surface area (Å²) in [5.41, 5.74) is 0.882. The number of hydrogen-bond donors (Lipinski definition) is 3. The molecule has 2 rings (SSSR count). The molecule has 1 aliphatic carbocycles. The van der Waals surface area contributed by atoms with Crippen LogP contribution in [-0.4, -0.2) is 22.2 Å².